The van der Waals surface area contributed by atoms with Gasteiger partial charge in [-0.2, -0.15) is 0 Å². The fraction of sp³-hybridized carbons (Fsp3) is 0.222. The van der Waals surface area contributed by atoms with Gasteiger partial charge in [-0.25, -0.2) is 0 Å². The Morgan fingerprint density at radius 2 is 1.48 bits per heavy atom. The molecule has 0 saturated carbocycles. The van der Waals surface area contributed by atoms with Crippen LogP contribution in [-0.2, 0) is 9.59 Å². The minimum Gasteiger partial charge on any atom is -0.376 e. The highest BCUT2D eigenvalue weighted by Gasteiger charge is 2.06. The van der Waals surface area contributed by atoms with Crippen LogP contribution in [-0.4, -0.2) is 18.4 Å². The Hall–Kier alpha value is -2.82. The Balaban J connectivity index is 1.96. The Bertz CT molecular complexity index is 706. The first-order valence-electron chi connectivity index (χ1n) is 7.43. The summed E-state index contributed by atoms with van der Waals surface area (Å²) in [6.45, 7) is 5.63. The number of nitrogens with one attached hydrogen (secondary N) is 3. The summed E-state index contributed by atoms with van der Waals surface area (Å²) >= 11 is 0. The lowest BCUT2D eigenvalue weighted by atomic mass is 10.1. The van der Waals surface area contributed by atoms with Gasteiger partial charge in [0.15, 0.2) is 0 Å². The van der Waals surface area contributed by atoms with E-state index in [4.69, 9.17) is 0 Å². The third-order valence-electron chi connectivity index (χ3n) is 3.37. The van der Waals surface area contributed by atoms with E-state index >= 15 is 0 Å². The topological polar surface area (TPSA) is 70.2 Å². The van der Waals surface area contributed by atoms with Crippen molar-refractivity contribution in [2.24, 2.45) is 0 Å². The number of hydrogen-bond donors (Lipinski definition) is 3. The molecule has 0 aliphatic heterocycles. The molecule has 23 heavy (non-hydrogen) atoms. The molecule has 0 aliphatic carbocycles. The number of aryl methyl sites for hydroxylation is 2. The van der Waals surface area contributed by atoms with Crippen molar-refractivity contribution in [1.29, 1.82) is 0 Å². The van der Waals surface area contributed by atoms with Gasteiger partial charge in [-0.15, -0.1) is 0 Å². The fourth-order valence-electron chi connectivity index (χ4n) is 2.35. The fourth-order valence-corrected chi connectivity index (χ4v) is 2.35. The van der Waals surface area contributed by atoms with E-state index in [9.17, 15) is 9.59 Å². The van der Waals surface area contributed by atoms with Gasteiger partial charge < -0.3 is 16.0 Å². The zero-order chi connectivity index (χ0) is 16.8. The lowest BCUT2D eigenvalue weighted by Crippen LogP contribution is -2.22. The number of hydrogen-bond acceptors (Lipinski definition) is 3. The van der Waals surface area contributed by atoms with Crippen LogP contribution in [0.1, 0.15) is 18.1 Å². The minimum absolute atomic E-state index is 0.146. The van der Waals surface area contributed by atoms with Crippen molar-refractivity contribution in [2.75, 3.05) is 22.5 Å². The quantitative estimate of drug-likeness (QED) is 0.793. The highest BCUT2D eigenvalue weighted by Crippen LogP contribution is 2.19. The predicted octanol–water partition coefficient (Wildman–Crippen LogP) is 3.31. The van der Waals surface area contributed by atoms with E-state index in [1.54, 1.807) is 24.3 Å². The van der Waals surface area contributed by atoms with E-state index in [0.717, 1.165) is 16.8 Å². The molecule has 0 aliphatic rings. The first-order chi connectivity index (χ1) is 11.0. The number of benzene rings is 2. The molecule has 2 rings (SSSR count). The van der Waals surface area contributed by atoms with Crippen molar-refractivity contribution in [3.05, 3.63) is 53.6 Å². The standard InChI is InChI=1S/C18H21N3O2/c1-12-6-4-7-13(2)18(12)19-11-17(23)21-16-9-5-8-15(10-16)20-14(3)22/h4-10,19H,11H2,1-3H3,(H,20,22)(H,21,23). The van der Waals surface area contributed by atoms with Crippen LogP contribution in [0.4, 0.5) is 17.1 Å². The van der Waals surface area contributed by atoms with Crippen LogP contribution >= 0.6 is 0 Å². The third-order valence-corrected chi connectivity index (χ3v) is 3.37. The van der Waals surface area contributed by atoms with Crippen molar-refractivity contribution in [2.45, 2.75) is 20.8 Å². The van der Waals surface area contributed by atoms with Gasteiger partial charge in [0, 0.05) is 24.0 Å². The van der Waals surface area contributed by atoms with Crippen molar-refractivity contribution < 1.29 is 9.59 Å². The predicted molar refractivity (Wildman–Crippen MR) is 93.8 cm³/mol. The third kappa shape index (κ3) is 4.85. The summed E-state index contributed by atoms with van der Waals surface area (Å²) in [6, 6.07) is 13.0. The van der Waals surface area contributed by atoms with E-state index in [0.29, 0.717) is 11.4 Å². The Labute approximate surface area is 136 Å². The summed E-state index contributed by atoms with van der Waals surface area (Å²) in [5.41, 5.74) is 4.48. The molecular weight excluding hydrogens is 290 g/mol. The van der Waals surface area contributed by atoms with Crippen molar-refractivity contribution in [3.8, 4) is 0 Å². The second kappa shape index (κ2) is 7.45. The molecule has 2 aromatic carbocycles. The van der Waals surface area contributed by atoms with Crippen LogP contribution in [0.3, 0.4) is 0 Å². The molecular formula is C18H21N3O2. The Morgan fingerprint density at radius 1 is 0.913 bits per heavy atom. The number of rotatable bonds is 5. The monoisotopic (exact) mass is 311 g/mol. The molecule has 2 amide bonds. The summed E-state index contributed by atoms with van der Waals surface area (Å²) in [5, 5.41) is 8.66. The van der Waals surface area contributed by atoms with Gasteiger partial charge in [-0.1, -0.05) is 24.3 Å². The van der Waals surface area contributed by atoms with E-state index in [1.165, 1.54) is 6.92 Å². The van der Waals surface area contributed by atoms with Crippen molar-refractivity contribution in [1.82, 2.24) is 0 Å². The molecule has 0 unspecified atom stereocenters. The molecule has 0 radical (unpaired) electrons. The lowest BCUT2D eigenvalue weighted by molar-refractivity contribution is -0.115. The van der Waals surface area contributed by atoms with Crippen molar-refractivity contribution >= 4 is 28.9 Å². The van der Waals surface area contributed by atoms with Gasteiger partial charge in [0.05, 0.1) is 6.54 Å². The zero-order valence-electron chi connectivity index (χ0n) is 13.6. The largest absolute Gasteiger partial charge is 0.376 e. The molecule has 3 N–H and O–H groups in total. The number of carbonyl (C=O) groups is 2. The van der Waals surface area contributed by atoms with Gasteiger partial charge in [0.25, 0.3) is 0 Å². The Morgan fingerprint density at radius 3 is 2.09 bits per heavy atom. The van der Waals surface area contributed by atoms with E-state index in [-0.39, 0.29) is 18.4 Å². The molecule has 5 heteroatoms. The summed E-state index contributed by atoms with van der Waals surface area (Å²) in [6.07, 6.45) is 0. The van der Waals surface area contributed by atoms with E-state index < -0.39 is 0 Å². The maximum atomic E-state index is 12.1. The molecule has 120 valence electrons. The van der Waals surface area contributed by atoms with E-state index in [1.807, 2.05) is 32.0 Å². The van der Waals surface area contributed by atoms with Crippen LogP contribution in [0, 0.1) is 13.8 Å². The number of para-hydroxylation sites is 1. The van der Waals surface area contributed by atoms with E-state index in [2.05, 4.69) is 16.0 Å². The van der Waals surface area contributed by atoms with Crippen LogP contribution < -0.4 is 16.0 Å². The highest BCUT2D eigenvalue weighted by atomic mass is 16.2. The normalized spacial score (nSPS) is 10.0. The first-order valence-corrected chi connectivity index (χ1v) is 7.43. The Kier molecular flexibility index (Phi) is 5.36. The molecule has 0 aromatic heterocycles. The second-order valence-electron chi connectivity index (χ2n) is 5.43. The van der Waals surface area contributed by atoms with Crippen LogP contribution in [0.25, 0.3) is 0 Å². The molecule has 0 fully saturated rings. The summed E-state index contributed by atoms with van der Waals surface area (Å²) in [5.74, 6) is -0.294. The molecule has 0 saturated heterocycles. The SMILES string of the molecule is CC(=O)Nc1cccc(NC(=O)CNc2c(C)cccc2C)c1. The average Bonchev–Trinajstić information content (AvgIpc) is 2.46. The average molecular weight is 311 g/mol. The maximum Gasteiger partial charge on any atom is 0.243 e. The number of carbonyl (C=O) groups excluding carboxylic acids is 2. The van der Waals surface area contributed by atoms with Crippen molar-refractivity contribution in [3.63, 3.8) is 0 Å². The molecule has 0 bridgehead atoms. The van der Waals surface area contributed by atoms with Gasteiger partial charge in [0.2, 0.25) is 11.8 Å². The first kappa shape index (κ1) is 16.5. The lowest BCUT2D eigenvalue weighted by Gasteiger charge is -2.13. The van der Waals surface area contributed by atoms with Gasteiger partial charge >= 0.3 is 0 Å². The molecule has 0 heterocycles. The highest BCUT2D eigenvalue weighted by molar-refractivity contribution is 5.95. The van der Waals surface area contributed by atoms with Gasteiger partial charge in [-0.3, -0.25) is 9.59 Å². The molecule has 0 atom stereocenters. The summed E-state index contributed by atoms with van der Waals surface area (Å²) in [7, 11) is 0. The van der Waals surface area contributed by atoms with Gasteiger partial charge in [0.1, 0.15) is 0 Å². The minimum atomic E-state index is -0.148. The molecule has 5 nitrogen and oxygen atoms in total. The number of anilines is 3. The zero-order valence-corrected chi connectivity index (χ0v) is 13.6. The van der Waals surface area contributed by atoms with Crippen LogP contribution in [0.5, 0.6) is 0 Å². The van der Waals surface area contributed by atoms with Crippen LogP contribution in [0.2, 0.25) is 0 Å². The second-order valence-corrected chi connectivity index (χ2v) is 5.43. The summed E-state index contributed by atoms with van der Waals surface area (Å²) in [4.78, 5) is 23.1. The molecule has 0 spiro atoms. The smallest absolute Gasteiger partial charge is 0.243 e. The maximum absolute atomic E-state index is 12.1. The summed E-state index contributed by atoms with van der Waals surface area (Å²) < 4.78 is 0. The molecule has 2 aromatic rings. The van der Waals surface area contributed by atoms with Gasteiger partial charge in [-0.05, 0) is 43.2 Å². The van der Waals surface area contributed by atoms with Crippen LogP contribution in [0.15, 0.2) is 42.5 Å². The number of amides is 2.